The Bertz CT molecular complexity index is 914. The summed E-state index contributed by atoms with van der Waals surface area (Å²) in [5, 5.41) is 1.39. The van der Waals surface area contributed by atoms with Crippen molar-refractivity contribution in [2.24, 2.45) is 0 Å². The Morgan fingerprint density at radius 2 is 1.86 bits per heavy atom. The number of aryl methyl sites for hydroxylation is 1. The standard InChI is InChI=1S/C17H12BrClO3/c1-9-13-7-11(19)8-14(18)16(13)22-17(20)15(9)10-3-5-12(21-2)6-4-10/h3-8H,1-2H3. The van der Waals surface area contributed by atoms with Crippen molar-refractivity contribution in [2.75, 3.05) is 7.11 Å². The van der Waals surface area contributed by atoms with E-state index in [-0.39, 0.29) is 5.63 Å². The lowest BCUT2D eigenvalue weighted by Gasteiger charge is -2.10. The summed E-state index contributed by atoms with van der Waals surface area (Å²) < 4.78 is 11.3. The topological polar surface area (TPSA) is 39.4 Å². The van der Waals surface area contributed by atoms with Gasteiger partial charge in [-0.05, 0) is 58.2 Å². The molecule has 3 aromatic rings. The minimum Gasteiger partial charge on any atom is -0.497 e. The van der Waals surface area contributed by atoms with Crippen LogP contribution in [-0.2, 0) is 0 Å². The van der Waals surface area contributed by atoms with E-state index in [1.54, 1.807) is 19.2 Å². The summed E-state index contributed by atoms with van der Waals surface area (Å²) in [4.78, 5) is 12.4. The molecule has 0 bridgehead atoms. The van der Waals surface area contributed by atoms with E-state index < -0.39 is 0 Å². The molecule has 0 saturated carbocycles. The minimum atomic E-state index is -0.377. The van der Waals surface area contributed by atoms with Gasteiger partial charge >= 0.3 is 5.63 Å². The van der Waals surface area contributed by atoms with Crippen LogP contribution in [0.25, 0.3) is 22.1 Å². The highest BCUT2D eigenvalue weighted by atomic mass is 79.9. The number of methoxy groups -OCH3 is 1. The molecule has 5 heteroatoms. The number of benzene rings is 2. The summed E-state index contributed by atoms with van der Waals surface area (Å²) in [5.74, 6) is 0.734. The summed E-state index contributed by atoms with van der Waals surface area (Å²) in [7, 11) is 1.60. The Morgan fingerprint density at radius 1 is 1.18 bits per heavy atom. The van der Waals surface area contributed by atoms with E-state index >= 15 is 0 Å². The molecular formula is C17H12BrClO3. The molecule has 2 aromatic carbocycles. The van der Waals surface area contributed by atoms with Crippen LogP contribution in [0.4, 0.5) is 0 Å². The van der Waals surface area contributed by atoms with Crippen LogP contribution in [0.2, 0.25) is 5.02 Å². The fourth-order valence-corrected chi connectivity index (χ4v) is 3.36. The van der Waals surface area contributed by atoms with Gasteiger partial charge in [-0.25, -0.2) is 4.79 Å². The number of fused-ring (bicyclic) bond motifs is 1. The van der Waals surface area contributed by atoms with Crippen molar-refractivity contribution < 1.29 is 9.15 Å². The highest BCUT2D eigenvalue weighted by molar-refractivity contribution is 9.10. The van der Waals surface area contributed by atoms with Gasteiger partial charge < -0.3 is 9.15 Å². The monoisotopic (exact) mass is 378 g/mol. The van der Waals surface area contributed by atoms with Crippen molar-refractivity contribution in [1.29, 1.82) is 0 Å². The zero-order valence-electron chi connectivity index (χ0n) is 11.9. The molecule has 0 radical (unpaired) electrons. The van der Waals surface area contributed by atoms with Crippen molar-refractivity contribution in [1.82, 2.24) is 0 Å². The number of hydrogen-bond donors (Lipinski definition) is 0. The van der Waals surface area contributed by atoms with Gasteiger partial charge in [0.05, 0.1) is 17.1 Å². The quantitative estimate of drug-likeness (QED) is 0.575. The van der Waals surface area contributed by atoms with Crippen LogP contribution < -0.4 is 10.4 Å². The van der Waals surface area contributed by atoms with Crippen LogP contribution in [0, 0.1) is 6.92 Å². The van der Waals surface area contributed by atoms with Gasteiger partial charge in [-0.15, -0.1) is 0 Å². The van der Waals surface area contributed by atoms with Crippen LogP contribution >= 0.6 is 27.5 Å². The highest BCUT2D eigenvalue weighted by Crippen LogP contribution is 2.33. The zero-order chi connectivity index (χ0) is 15.9. The Hall–Kier alpha value is -1.78. The smallest absolute Gasteiger partial charge is 0.344 e. The lowest BCUT2D eigenvalue weighted by molar-refractivity contribution is 0.415. The SMILES string of the molecule is COc1ccc(-c2c(C)c3cc(Cl)cc(Br)c3oc2=O)cc1. The largest absolute Gasteiger partial charge is 0.497 e. The molecule has 0 saturated heterocycles. The molecule has 0 aliphatic rings. The van der Waals surface area contributed by atoms with Gasteiger partial charge in [0, 0.05) is 10.4 Å². The second-order valence-electron chi connectivity index (χ2n) is 4.88. The Labute approximate surface area is 140 Å². The van der Waals surface area contributed by atoms with E-state index in [4.69, 9.17) is 20.8 Å². The van der Waals surface area contributed by atoms with Gasteiger partial charge in [-0.1, -0.05) is 23.7 Å². The first-order valence-corrected chi connectivity index (χ1v) is 7.75. The van der Waals surface area contributed by atoms with Crippen LogP contribution in [-0.4, -0.2) is 7.11 Å². The van der Waals surface area contributed by atoms with Gasteiger partial charge in [0.25, 0.3) is 0 Å². The molecule has 0 unspecified atom stereocenters. The molecule has 1 heterocycles. The van der Waals surface area contributed by atoms with Crippen LogP contribution in [0.3, 0.4) is 0 Å². The average molecular weight is 380 g/mol. The number of rotatable bonds is 2. The third-order valence-electron chi connectivity index (χ3n) is 3.56. The van der Waals surface area contributed by atoms with E-state index in [0.717, 1.165) is 22.3 Å². The molecule has 3 nitrogen and oxygen atoms in total. The van der Waals surface area contributed by atoms with E-state index in [1.807, 2.05) is 31.2 Å². The summed E-state index contributed by atoms with van der Waals surface area (Å²) in [6.07, 6.45) is 0. The molecule has 0 atom stereocenters. The third-order valence-corrected chi connectivity index (χ3v) is 4.37. The summed E-state index contributed by atoms with van der Waals surface area (Å²) in [5.41, 5.74) is 2.27. The van der Waals surface area contributed by atoms with Gasteiger partial charge in [-0.3, -0.25) is 0 Å². The minimum absolute atomic E-state index is 0.377. The maximum atomic E-state index is 12.4. The highest BCUT2D eigenvalue weighted by Gasteiger charge is 2.15. The van der Waals surface area contributed by atoms with E-state index in [1.165, 1.54) is 0 Å². The molecule has 112 valence electrons. The Kier molecular flexibility index (Phi) is 3.98. The van der Waals surface area contributed by atoms with Crippen molar-refractivity contribution >= 4 is 38.5 Å². The first-order chi connectivity index (χ1) is 10.5. The second kappa shape index (κ2) is 5.78. The summed E-state index contributed by atoms with van der Waals surface area (Å²) in [6.45, 7) is 1.89. The first kappa shape index (κ1) is 15.1. The summed E-state index contributed by atoms with van der Waals surface area (Å²) >= 11 is 9.49. The van der Waals surface area contributed by atoms with Crippen LogP contribution in [0.15, 0.2) is 50.1 Å². The van der Waals surface area contributed by atoms with Crippen molar-refractivity contribution in [3.8, 4) is 16.9 Å². The number of hydrogen-bond acceptors (Lipinski definition) is 3. The molecule has 22 heavy (non-hydrogen) atoms. The Balaban J connectivity index is 2.32. The van der Waals surface area contributed by atoms with Crippen molar-refractivity contribution in [3.63, 3.8) is 0 Å². The Morgan fingerprint density at radius 3 is 2.50 bits per heavy atom. The summed E-state index contributed by atoms with van der Waals surface area (Å²) in [6, 6.07) is 10.8. The third kappa shape index (κ3) is 2.53. The normalized spacial score (nSPS) is 10.9. The van der Waals surface area contributed by atoms with Crippen molar-refractivity contribution in [2.45, 2.75) is 6.92 Å². The predicted octanol–water partition coefficient (Wildman–Crippen LogP) is 5.19. The molecule has 0 fully saturated rings. The molecule has 0 spiro atoms. The van der Waals surface area contributed by atoms with E-state index in [0.29, 0.717) is 20.6 Å². The average Bonchev–Trinajstić information content (AvgIpc) is 2.49. The van der Waals surface area contributed by atoms with Gasteiger partial charge in [0.2, 0.25) is 0 Å². The molecule has 0 N–H and O–H groups in total. The fourth-order valence-electron chi connectivity index (χ4n) is 2.47. The van der Waals surface area contributed by atoms with Gasteiger partial charge in [0.15, 0.2) is 5.58 Å². The molecule has 0 amide bonds. The maximum absolute atomic E-state index is 12.4. The lowest BCUT2D eigenvalue weighted by atomic mass is 9.99. The fraction of sp³-hybridized carbons (Fsp3) is 0.118. The molecule has 0 aliphatic carbocycles. The second-order valence-corrected chi connectivity index (χ2v) is 6.17. The maximum Gasteiger partial charge on any atom is 0.344 e. The molecule has 3 rings (SSSR count). The lowest BCUT2D eigenvalue weighted by Crippen LogP contribution is -2.06. The van der Waals surface area contributed by atoms with Crippen molar-refractivity contribution in [3.05, 3.63) is 61.9 Å². The van der Waals surface area contributed by atoms with Gasteiger partial charge in [0.1, 0.15) is 5.75 Å². The molecule has 0 aliphatic heterocycles. The van der Waals surface area contributed by atoms with E-state index in [9.17, 15) is 4.79 Å². The zero-order valence-corrected chi connectivity index (χ0v) is 14.3. The van der Waals surface area contributed by atoms with Crippen LogP contribution in [0.5, 0.6) is 5.75 Å². The van der Waals surface area contributed by atoms with Gasteiger partial charge in [-0.2, -0.15) is 0 Å². The number of ether oxygens (including phenoxy) is 1. The molecule has 1 aromatic heterocycles. The van der Waals surface area contributed by atoms with Crippen LogP contribution in [0.1, 0.15) is 5.56 Å². The number of halogens is 2. The van der Waals surface area contributed by atoms with E-state index in [2.05, 4.69) is 15.9 Å². The first-order valence-electron chi connectivity index (χ1n) is 6.58. The predicted molar refractivity (Wildman–Crippen MR) is 91.9 cm³/mol. The molecular weight excluding hydrogens is 368 g/mol.